The van der Waals surface area contributed by atoms with Crippen LogP contribution in [0.25, 0.3) is 10.8 Å². The largest absolute Gasteiger partial charge is 0.381 e. The Balaban J connectivity index is 1.93. The summed E-state index contributed by atoms with van der Waals surface area (Å²) in [5.41, 5.74) is 0.163. The molecule has 1 amide bonds. The molecule has 2 aromatic rings. The number of fused-ring (bicyclic) bond motifs is 1. The highest BCUT2D eigenvalue weighted by molar-refractivity contribution is 6.04. The fourth-order valence-electron chi connectivity index (χ4n) is 2.83. The summed E-state index contributed by atoms with van der Waals surface area (Å²) >= 11 is 0. The van der Waals surface area contributed by atoms with Crippen molar-refractivity contribution in [1.82, 2.24) is 15.1 Å². The monoisotopic (exact) mass is 315 g/mol. The Bertz CT molecular complexity index is 763. The lowest BCUT2D eigenvalue weighted by Gasteiger charge is -2.12. The second-order valence-corrected chi connectivity index (χ2v) is 5.86. The van der Waals surface area contributed by atoms with Crippen LogP contribution in [0.1, 0.15) is 30.3 Å². The molecule has 3 rings (SSSR count). The van der Waals surface area contributed by atoms with Crippen LogP contribution in [0.3, 0.4) is 0 Å². The van der Waals surface area contributed by atoms with E-state index in [9.17, 15) is 9.59 Å². The molecule has 0 bridgehead atoms. The van der Waals surface area contributed by atoms with Crippen molar-refractivity contribution in [2.75, 3.05) is 19.8 Å². The Hall–Kier alpha value is -2.21. The van der Waals surface area contributed by atoms with E-state index in [4.69, 9.17) is 4.74 Å². The van der Waals surface area contributed by atoms with E-state index in [1.807, 2.05) is 13.0 Å². The van der Waals surface area contributed by atoms with Crippen molar-refractivity contribution in [1.29, 1.82) is 0 Å². The maximum atomic E-state index is 12.6. The molecule has 0 aliphatic carbocycles. The first-order valence-electron chi connectivity index (χ1n) is 8.06. The molecule has 122 valence electrons. The molecule has 2 heterocycles. The summed E-state index contributed by atoms with van der Waals surface area (Å²) in [6.07, 6.45) is 1.75. The van der Waals surface area contributed by atoms with Gasteiger partial charge in [0.1, 0.15) is 0 Å². The Morgan fingerprint density at radius 2 is 2.17 bits per heavy atom. The molecule has 1 aliphatic heterocycles. The zero-order valence-corrected chi connectivity index (χ0v) is 13.2. The van der Waals surface area contributed by atoms with Gasteiger partial charge >= 0.3 is 0 Å². The van der Waals surface area contributed by atoms with Crippen LogP contribution in [-0.4, -0.2) is 35.4 Å². The third-order valence-corrected chi connectivity index (χ3v) is 4.09. The van der Waals surface area contributed by atoms with Gasteiger partial charge in [-0.1, -0.05) is 25.1 Å². The molecule has 1 fully saturated rings. The average molecular weight is 315 g/mol. The summed E-state index contributed by atoms with van der Waals surface area (Å²) in [6.45, 7) is 4.48. The third-order valence-electron chi connectivity index (χ3n) is 4.09. The van der Waals surface area contributed by atoms with Gasteiger partial charge in [0.15, 0.2) is 5.69 Å². The first-order chi connectivity index (χ1) is 11.2. The number of carbonyl (C=O) groups is 1. The number of aryl methyl sites for hydroxylation is 1. The van der Waals surface area contributed by atoms with Crippen LogP contribution >= 0.6 is 0 Å². The van der Waals surface area contributed by atoms with E-state index in [1.165, 1.54) is 4.68 Å². The standard InChI is InChI=1S/C17H21N3O3/c1-2-8-20-17(22)14-6-4-3-5-13(14)15(19-20)16(21)18-10-12-7-9-23-11-12/h3-6,12H,2,7-11H2,1H3,(H,18,21). The van der Waals surface area contributed by atoms with Crippen molar-refractivity contribution < 1.29 is 9.53 Å². The van der Waals surface area contributed by atoms with Crippen molar-refractivity contribution in [2.24, 2.45) is 5.92 Å². The van der Waals surface area contributed by atoms with Gasteiger partial charge in [-0.15, -0.1) is 0 Å². The highest BCUT2D eigenvalue weighted by Gasteiger charge is 2.20. The van der Waals surface area contributed by atoms with Crippen molar-refractivity contribution in [3.05, 3.63) is 40.3 Å². The molecule has 1 saturated heterocycles. The van der Waals surface area contributed by atoms with Crippen molar-refractivity contribution in [3.8, 4) is 0 Å². The van der Waals surface area contributed by atoms with Gasteiger partial charge in [-0.05, 0) is 18.9 Å². The Morgan fingerprint density at radius 3 is 2.87 bits per heavy atom. The molecule has 6 heteroatoms. The lowest BCUT2D eigenvalue weighted by molar-refractivity contribution is 0.0939. The van der Waals surface area contributed by atoms with E-state index < -0.39 is 0 Å². The first kappa shape index (κ1) is 15.7. The summed E-state index contributed by atoms with van der Waals surface area (Å²) < 4.78 is 6.70. The van der Waals surface area contributed by atoms with E-state index in [1.54, 1.807) is 18.2 Å². The Kier molecular flexibility index (Phi) is 4.71. The summed E-state index contributed by atoms with van der Waals surface area (Å²) in [5, 5.41) is 8.36. The van der Waals surface area contributed by atoms with Crippen LogP contribution in [0.2, 0.25) is 0 Å². The minimum absolute atomic E-state index is 0.150. The molecule has 6 nitrogen and oxygen atoms in total. The van der Waals surface area contributed by atoms with Crippen molar-refractivity contribution in [2.45, 2.75) is 26.3 Å². The van der Waals surface area contributed by atoms with Crippen LogP contribution in [0.15, 0.2) is 29.1 Å². The van der Waals surface area contributed by atoms with Gasteiger partial charge in [-0.25, -0.2) is 4.68 Å². The van der Waals surface area contributed by atoms with Gasteiger partial charge in [0.25, 0.3) is 11.5 Å². The zero-order chi connectivity index (χ0) is 16.2. The number of ether oxygens (including phenoxy) is 1. The number of aromatic nitrogens is 2. The Labute approximate surface area is 134 Å². The smallest absolute Gasteiger partial charge is 0.274 e. The van der Waals surface area contributed by atoms with Gasteiger partial charge in [0.05, 0.1) is 12.0 Å². The topological polar surface area (TPSA) is 73.2 Å². The highest BCUT2D eigenvalue weighted by atomic mass is 16.5. The molecule has 1 aromatic heterocycles. The number of rotatable bonds is 5. The number of nitrogens with one attached hydrogen (secondary N) is 1. The molecule has 1 unspecified atom stereocenters. The molecule has 23 heavy (non-hydrogen) atoms. The van der Waals surface area contributed by atoms with Crippen molar-refractivity contribution >= 4 is 16.7 Å². The second-order valence-electron chi connectivity index (χ2n) is 5.86. The van der Waals surface area contributed by atoms with Crippen LogP contribution in [0, 0.1) is 5.92 Å². The number of hydrogen-bond donors (Lipinski definition) is 1. The minimum Gasteiger partial charge on any atom is -0.381 e. The average Bonchev–Trinajstić information content (AvgIpc) is 3.09. The lowest BCUT2D eigenvalue weighted by atomic mass is 10.1. The van der Waals surface area contributed by atoms with Gasteiger partial charge in [0.2, 0.25) is 0 Å². The molecule has 1 N–H and O–H groups in total. The van der Waals surface area contributed by atoms with E-state index >= 15 is 0 Å². The Morgan fingerprint density at radius 1 is 1.39 bits per heavy atom. The first-order valence-corrected chi connectivity index (χ1v) is 8.06. The second kappa shape index (κ2) is 6.91. The molecule has 1 aliphatic rings. The summed E-state index contributed by atoms with van der Waals surface area (Å²) in [7, 11) is 0. The molecule has 0 saturated carbocycles. The van der Waals surface area contributed by atoms with Crippen LogP contribution < -0.4 is 10.9 Å². The van der Waals surface area contributed by atoms with E-state index in [0.29, 0.717) is 42.1 Å². The number of hydrogen-bond acceptors (Lipinski definition) is 4. The summed E-state index contributed by atoms with van der Waals surface area (Å²) in [5.74, 6) is 0.115. The molecular weight excluding hydrogens is 294 g/mol. The van der Waals surface area contributed by atoms with E-state index in [2.05, 4.69) is 10.4 Å². The minimum atomic E-state index is -0.238. The fraction of sp³-hybridized carbons (Fsp3) is 0.471. The van der Waals surface area contributed by atoms with Gasteiger partial charge in [0, 0.05) is 31.0 Å². The molecule has 1 atom stereocenters. The summed E-state index contributed by atoms with van der Waals surface area (Å²) in [4.78, 5) is 25.0. The number of carbonyl (C=O) groups excluding carboxylic acids is 1. The van der Waals surface area contributed by atoms with Gasteiger partial charge < -0.3 is 10.1 Å². The fourth-order valence-corrected chi connectivity index (χ4v) is 2.83. The SMILES string of the molecule is CCCn1nc(C(=O)NCC2CCOC2)c2ccccc2c1=O. The van der Waals surface area contributed by atoms with E-state index in [-0.39, 0.29) is 11.5 Å². The van der Waals surface area contributed by atoms with Crippen LogP contribution in [0.4, 0.5) is 0 Å². The van der Waals surface area contributed by atoms with Crippen LogP contribution in [0.5, 0.6) is 0 Å². The number of nitrogens with zero attached hydrogens (tertiary/aromatic N) is 2. The normalized spacial score (nSPS) is 17.5. The quantitative estimate of drug-likeness (QED) is 0.909. The van der Waals surface area contributed by atoms with E-state index in [0.717, 1.165) is 19.4 Å². The predicted octanol–water partition coefficient (Wildman–Crippen LogP) is 1.57. The number of amides is 1. The molecule has 0 spiro atoms. The molecular formula is C17H21N3O3. The third kappa shape index (κ3) is 3.27. The lowest BCUT2D eigenvalue weighted by Crippen LogP contribution is -2.33. The zero-order valence-electron chi connectivity index (χ0n) is 13.2. The van der Waals surface area contributed by atoms with Crippen LogP contribution in [-0.2, 0) is 11.3 Å². The summed E-state index contributed by atoms with van der Waals surface area (Å²) in [6, 6.07) is 7.13. The maximum Gasteiger partial charge on any atom is 0.274 e. The molecule has 1 aromatic carbocycles. The predicted molar refractivity (Wildman–Crippen MR) is 87.6 cm³/mol. The van der Waals surface area contributed by atoms with Crippen molar-refractivity contribution in [3.63, 3.8) is 0 Å². The van der Waals surface area contributed by atoms with Gasteiger partial charge in [-0.3, -0.25) is 9.59 Å². The maximum absolute atomic E-state index is 12.6. The molecule has 0 radical (unpaired) electrons. The highest BCUT2D eigenvalue weighted by Crippen LogP contribution is 2.14. The number of benzene rings is 1. The van der Waals surface area contributed by atoms with Gasteiger partial charge in [-0.2, -0.15) is 5.10 Å².